The Kier molecular flexibility index (Phi) is 10.1. The van der Waals surface area contributed by atoms with E-state index in [0.717, 1.165) is 28.8 Å². The molecule has 0 spiro atoms. The van der Waals surface area contributed by atoms with Crippen molar-refractivity contribution in [1.29, 1.82) is 0 Å². The molecule has 8 heteroatoms. The minimum Gasteiger partial charge on any atom is -0.294 e. The summed E-state index contributed by atoms with van der Waals surface area (Å²) in [6, 6.07) is 21.7. The molecule has 4 rings (SSSR count). The maximum absolute atomic E-state index is 12.0. The molecule has 0 amide bonds. The first kappa shape index (κ1) is 28.9. The number of hydrogen-bond donors (Lipinski definition) is 0. The first-order valence-electron chi connectivity index (χ1n) is 11.9. The van der Waals surface area contributed by atoms with Gasteiger partial charge in [-0.25, -0.2) is 8.42 Å². The number of hydrogen-bond acceptors (Lipinski definition) is 7. The van der Waals surface area contributed by atoms with E-state index in [4.69, 9.17) is 0 Å². The van der Waals surface area contributed by atoms with Crippen molar-refractivity contribution in [1.82, 2.24) is 9.97 Å². The number of thioether (sulfide) groups is 1. The molecule has 6 nitrogen and oxygen atoms in total. The Balaban J connectivity index is 0.000000212. The smallest absolute Gasteiger partial charge is 0.175 e. The van der Waals surface area contributed by atoms with Crippen molar-refractivity contribution in [2.45, 2.75) is 36.5 Å². The topological polar surface area (TPSA) is 94.1 Å². The molecule has 0 saturated carbocycles. The number of pyridine rings is 2. The largest absolute Gasteiger partial charge is 0.294 e. The van der Waals surface area contributed by atoms with E-state index in [0.29, 0.717) is 17.5 Å². The number of aryl methyl sites for hydroxylation is 2. The summed E-state index contributed by atoms with van der Waals surface area (Å²) < 4.78 is 22.7. The van der Waals surface area contributed by atoms with Crippen LogP contribution in [0.15, 0.2) is 95.0 Å². The van der Waals surface area contributed by atoms with Crippen molar-refractivity contribution in [2.24, 2.45) is 0 Å². The van der Waals surface area contributed by atoms with Gasteiger partial charge in [0.1, 0.15) is 0 Å². The number of ketones is 2. The van der Waals surface area contributed by atoms with Crippen molar-refractivity contribution in [3.63, 3.8) is 0 Å². The zero-order valence-electron chi connectivity index (χ0n) is 21.8. The lowest BCUT2D eigenvalue weighted by atomic mass is 10.0. The molecular weight excluding hydrogens is 516 g/mol. The van der Waals surface area contributed by atoms with Crippen LogP contribution in [-0.2, 0) is 22.7 Å². The average molecular weight is 547 g/mol. The highest BCUT2D eigenvalue weighted by atomic mass is 32.2. The van der Waals surface area contributed by atoms with Crippen LogP contribution in [0.4, 0.5) is 0 Å². The summed E-state index contributed by atoms with van der Waals surface area (Å²) in [5, 5.41) is 0. The number of nitrogens with zero attached hydrogens (tertiary/aromatic N) is 2. The number of benzene rings is 2. The van der Waals surface area contributed by atoms with Crippen LogP contribution in [0.1, 0.15) is 43.2 Å². The number of carbonyl (C=O) groups is 2. The third-order valence-electron chi connectivity index (χ3n) is 5.71. The molecule has 196 valence electrons. The predicted molar refractivity (Wildman–Crippen MR) is 152 cm³/mol. The molecule has 0 bridgehead atoms. The fourth-order valence-corrected chi connectivity index (χ4v) is 4.48. The van der Waals surface area contributed by atoms with Crippen LogP contribution in [0.2, 0.25) is 0 Å². The molecular formula is C30H30N2O4S2. The van der Waals surface area contributed by atoms with Crippen molar-refractivity contribution in [3.05, 3.63) is 119 Å². The van der Waals surface area contributed by atoms with Gasteiger partial charge in [-0.3, -0.25) is 19.6 Å². The molecule has 2 aromatic heterocycles. The van der Waals surface area contributed by atoms with E-state index in [1.54, 1.807) is 48.4 Å². The van der Waals surface area contributed by atoms with E-state index in [-0.39, 0.29) is 22.9 Å². The molecule has 0 aliphatic carbocycles. The summed E-state index contributed by atoms with van der Waals surface area (Å²) in [7, 11) is -3.20. The van der Waals surface area contributed by atoms with Crippen molar-refractivity contribution >= 4 is 33.2 Å². The monoisotopic (exact) mass is 546 g/mol. The van der Waals surface area contributed by atoms with Gasteiger partial charge >= 0.3 is 0 Å². The molecule has 2 aromatic carbocycles. The third-order valence-corrected chi connectivity index (χ3v) is 7.58. The minimum atomic E-state index is -3.20. The second-order valence-electron chi connectivity index (χ2n) is 8.84. The van der Waals surface area contributed by atoms with Gasteiger partial charge in [-0.2, -0.15) is 0 Å². The van der Waals surface area contributed by atoms with E-state index in [1.165, 1.54) is 17.0 Å². The van der Waals surface area contributed by atoms with E-state index in [2.05, 4.69) is 9.97 Å². The Hall–Kier alpha value is -3.62. The quantitative estimate of drug-likeness (QED) is 0.205. The Morgan fingerprint density at radius 1 is 0.684 bits per heavy atom. The van der Waals surface area contributed by atoms with Crippen LogP contribution in [-0.4, -0.2) is 42.5 Å². The number of sulfone groups is 1. The third kappa shape index (κ3) is 8.75. The molecule has 0 unspecified atom stereocenters. The van der Waals surface area contributed by atoms with Crippen molar-refractivity contribution < 1.29 is 18.0 Å². The highest BCUT2D eigenvalue weighted by Gasteiger charge is 2.10. The number of carbonyl (C=O) groups excluding carboxylic acids is 2. The van der Waals surface area contributed by atoms with Crippen LogP contribution in [0.25, 0.3) is 0 Å². The lowest BCUT2D eigenvalue weighted by molar-refractivity contribution is 0.0984. The fourth-order valence-electron chi connectivity index (χ4n) is 3.44. The fraction of sp³-hybridized carbons (Fsp3) is 0.200. The van der Waals surface area contributed by atoms with E-state index in [9.17, 15) is 18.0 Å². The van der Waals surface area contributed by atoms with Gasteiger partial charge < -0.3 is 0 Å². The first-order valence-corrected chi connectivity index (χ1v) is 15.0. The summed E-state index contributed by atoms with van der Waals surface area (Å²) >= 11 is 1.70. The molecule has 0 aliphatic heterocycles. The molecule has 2 heterocycles. The van der Waals surface area contributed by atoms with Crippen LogP contribution >= 0.6 is 11.8 Å². The maximum Gasteiger partial charge on any atom is 0.175 e. The summed E-state index contributed by atoms with van der Waals surface area (Å²) in [6.07, 6.45) is 7.06. The number of Topliss-reactive ketones (excluding diaryl/α,β-unsaturated/α-hetero) is 2. The highest BCUT2D eigenvalue weighted by Crippen LogP contribution is 2.16. The molecule has 4 aromatic rings. The van der Waals surface area contributed by atoms with E-state index >= 15 is 0 Å². The molecule has 0 radical (unpaired) electrons. The summed E-state index contributed by atoms with van der Waals surface area (Å²) in [5.74, 6) is 0.0732. The highest BCUT2D eigenvalue weighted by molar-refractivity contribution is 7.98. The van der Waals surface area contributed by atoms with Gasteiger partial charge in [0.15, 0.2) is 21.4 Å². The molecule has 38 heavy (non-hydrogen) atoms. The summed E-state index contributed by atoms with van der Waals surface area (Å²) in [4.78, 5) is 33.8. The van der Waals surface area contributed by atoms with Gasteiger partial charge in [-0.05, 0) is 79.8 Å². The van der Waals surface area contributed by atoms with Crippen molar-refractivity contribution in [3.8, 4) is 0 Å². The van der Waals surface area contributed by atoms with Crippen LogP contribution < -0.4 is 0 Å². The van der Waals surface area contributed by atoms with E-state index < -0.39 is 9.84 Å². The zero-order chi connectivity index (χ0) is 27.7. The molecule has 0 fully saturated rings. The predicted octanol–water partition coefficient (Wildman–Crippen LogP) is 5.76. The Labute approximate surface area is 228 Å². The summed E-state index contributed by atoms with van der Waals surface area (Å²) in [5.41, 5.74) is 4.84. The van der Waals surface area contributed by atoms with Gasteiger partial charge in [0.2, 0.25) is 0 Å². The minimum absolute atomic E-state index is 0.0374. The standard InChI is InChI=1S/C15H15NO3S.C15H15NOS/c1-11-3-6-13(10-16-11)15(17)9-12-4-7-14(8-5-12)20(2,18)19;1-11-3-6-13(10-16-11)15(17)9-12-4-7-14(18-2)8-5-12/h3-8,10H,9H2,1-2H3;3-8,10H,9H2,1-2H3. The second-order valence-corrected chi connectivity index (χ2v) is 11.7. The van der Waals surface area contributed by atoms with Gasteiger partial charge in [-0.1, -0.05) is 24.3 Å². The van der Waals surface area contributed by atoms with Crippen LogP contribution in [0.5, 0.6) is 0 Å². The molecule has 0 aliphatic rings. The van der Waals surface area contributed by atoms with Crippen LogP contribution in [0.3, 0.4) is 0 Å². The van der Waals surface area contributed by atoms with Gasteiger partial charge in [0.25, 0.3) is 0 Å². The van der Waals surface area contributed by atoms with E-state index in [1.807, 2.05) is 56.5 Å². The maximum atomic E-state index is 12.0. The lowest BCUT2D eigenvalue weighted by Gasteiger charge is -2.03. The average Bonchev–Trinajstić information content (AvgIpc) is 2.90. The van der Waals surface area contributed by atoms with Crippen molar-refractivity contribution in [2.75, 3.05) is 12.5 Å². The molecule has 0 N–H and O–H groups in total. The summed E-state index contributed by atoms with van der Waals surface area (Å²) in [6.45, 7) is 3.77. The van der Waals surface area contributed by atoms with Gasteiger partial charge in [-0.15, -0.1) is 11.8 Å². The first-order chi connectivity index (χ1) is 18.0. The Morgan fingerprint density at radius 2 is 1.11 bits per heavy atom. The Morgan fingerprint density at radius 3 is 1.45 bits per heavy atom. The lowest BCUT2D eigenvalue weighted by Crippen LogP contribution is -2.05. The second kappa shape index (κ2) is 13.3. The molecule has 0 atom stereocenters. The van der Waals surface area contributed by atoms with Crippen LogP contribution in [0, 0.1) is 13.8 Å². The molecule has 0 saturated heterocycles. The Bertz CT molecular complexity index is 1480. The zero-order valence-corrected chi connectivity index (χ0v) is 23.5. The normalized spacial score (nSPS) is 10.8. The number of aromatic nitrogens is 2. The van der Waals surface area contributed by atoms with Gasteiger partial charge in [0.05, 0.1) is 4.90 Å². The van der Waals surface area contributed by atoms with Gasteiger partial charge in [0, 0.05) is 58.9 Å². The SMILES string of the molecule is CSc1ccc(CC(=O)c2ccc(C)nc2)cc1.Cc1ccc(C(=O)Cc2ccc(S(C)(=O)=O)cc2)cn1. The number of rotatable bonds is 8.